The van der Waals surface area contributed by atoms with Gasteiger partial charge >= 0.3 is 0 Å². The van der Waals surface area contributed by atoms with E-state index in [0.29, 0.717) is 23.7 Å². The van der Waals surface area contributed by atoms with Crippen LogP contribution in [0, 0.1) is 0 Å². The Hall–Kier alpha value is -2.73. The molecule has 0 saturated carbocycles. The zero-order valence-corrected chi connectivity index (χ0v) is 15.6. The number of hydrogen-bond donors (Lipinski definition) is 1. The summed E-state index contributed by atoms with van der Waals surface area (Å²) in [7, 11) is 4.81. The standard InChI is InChI=1S/C20H25NO5/c1-14(12-23-2)21-20(22)15-5-10-19(25-4)16(11-15)13-26-18-8-6-17(24-3)7-9-18/h5-11,14H,12-13H2,1-4H3,(H,21,22)/t14-/m0/s1. The van der Waals surface area contributed by atoms with Crippen molar-refractivity contribution in [1.29, 1.82) is 0 Å². The van der Waals surface area contributed by atoms with Crippen LogP contribution in [-0.4, -0.2) is 39.9 Å². The summed E-state index contributed by atoms with van der Waals surface area (Å²) in [5, 5.41) is 2.89. The monoisotopic (exact) mass is 359 g/mol. The first-order valence-electron chi connectivity index (χ1n) is 8.31. The summed E-state index contributed by atoms with van der Waals surface area (Å²) in [4.78, 5) is 12.4. The van der Waals surface area contributed by atoms with Gasteiger partial charge in [0.2, 0.25) is 0 Å². The lowest BCUT2D eigenvalue weighted by molar-refractivity contribution is 0.0905. The first-order valence-corrected chi connectivity index (χ1v) is 8.31. The number of ether oxygens (including phenoxy) is 4. The largest absolute Gasteiger partial charge is 0.497 e. The van der Waals surface area contributed by atoms with E-state index in [-0.39, 0.29) is 18.6 Å². The van der Waals surface area contributed by atoms with E-state index in [1.807, 2.05) is 31.2 Å². The summed E-state index contributed by atoms with van der Waals surface area (Å²) in [5.41, 5.74) is 1.33. The molecule has 0 aliphatic carbocycles. The Bertz CT molecular complexity index is 715. The molecule has 1 amide bonds. The van der Waals surface area contributed by atoms with Crippen LogP contribution in [0.1, 0.15) is 22.8 Å². The summed E-state index contributed by atoms with van der Waals surface area (Å²) in [6.07, 6.45) is 0. The van der Waals surface area contributed by atoms with Gasteiger partial charge in [-0.1, -0.05) is 0 Å². The predicted octanol–water partition coefficient (Wildman–Crippen LogP) is 3.05. The fourth-order valence-electron chi connectivity index (χ4n) is 2.46. The molecule has 0 unspecified atom stereocenters. The van der Waals surface area contributed by atoms with Gasteiger partial charge in [-0.15, -0.1) is 0 Å². The van der Waals surface area contributed by atoms with Crippen LogP contribution in [0.15, 0.2) is 42.5 Å². The van der Waals surface area contributed by atoms with Crippen LogP contribution in [-0.2, 0) is 11.3 Å². The van der Waals surface area contributed by atoms with Crippen molar-refractivity contribution < 1.29 is 23.7 Å². The lowest BCUT2D eigenvalue weighted by atomic mass is 10.1. The Morgan fingerprint density at radius 1 is 1.00 bits per heavy atom. The Labute approximate surface area is 154 Å². The zero-order chi connectivity index (χ0) is 18.9. The first kappa shape index (κ1) is 19.6. The summed E-state index contributed by atoms with van der Waals surface area (Å²) < 4.78 is 21.3. The molecule has 0 fully saturated rings. The van der Waals surface area contributed by atoms with Crippen LogP contribution in [0.4, 0.5) is 0 Å². The number of carbonyl (C=O) groups excluding carboxylic acids is 1. The highest BCUT2D eigenvalue weighted by molar-refractivity contribution is 5.94. The number of carbonyl (C=O) groups is 1. The van der Waals surface area contributed by atoms with Gasteiger partial charge in [0.15, 0.2) is 0 Å². The summed E-state index contributed by atoms with van der Waals surface area (Å²) in [6, 6.07) is 12.5. The van der Waals surface area contributed by atoms with Crippen molar-refractivity contribution in [2.45, 2.75) is 19.6 Å². The average molecular weight is 359 g/mol. The van der Waals surface area contributed by atoms with Crippen LogP contribution < -0.4 is 19.5 Å². The van der Waals surface area contributed by atoms with Gasteiger partial charge < -0.3 is 24.3 Å². The maximum absolute atomic E-state index is 12.4. The van der Waals surface area contributed by atoms with Gasteiger partial charge in [0.05, 0.1) is 20.8 Å². The lowest BCUT2D eigenvalue weighted by Gasteiger charge is -2.15. The molecule has 0 aromatic heterocycles. The molecule has 6 nitrogen and oxygen atoms in total. The molecule has 2 rings (SSSR count). The van der Waals surface area contributed by atoms with E-state index in [1.54, 1.807) is 39.5 Å². The predicted molar refractivity (Wildman–Crippen MR) is 99.1 cm³/mol. The van der Waals surface area contributed by atoms with E-state index in [1.165, 1.54) is 0 Å². The van der Waals surface area contributed by atoms with Crippen molar-refractivity contribution in [3.63, 3.8) is 0 Å². The van der Waals surface area contributed by atoms with Crippen molar-refractivity contribution in [3.8, 4) is 17.2 Å². The Kier molecular flexibility index (Phi) is 7.29. The Morgan fingerprint density at radius 3 is 2.31 bits per heavy atom. The maximum Gasteiger partial charge on any atom is 0.251 e. The molecule has 1 N–H and O–H groups in total. The average Bonchev–Trinajstić information content (AvgIpc) is 2.66. The fraction of sp³-hybridized carbons (Fsp3) is 0.350. The molecule has 26 heavy (non-hydrogen) atoms. The third-order valence-corrected chi connectivity index (χ3v) is 3.79. The first-order chi connectivity index (χ1) is 12.6. The van der Waals surface area contributed by atoms with Gasteiger partial charge in [0.1, 0.15) is 23.9 Å². The van der Waals surface area contributed by atoms with E-state index in [9.17, 15) is 4.79 Å². The van der Waals surface area contributed by atoms with Gasteiger partial charge in [-0.05, 0) is 49.4 Å². The minimum Gasteiger partial charge on any atom is -0.497 e. The molecule has 0 saturated heterocycles. The molecular formula is C20H25NO5. The smallest absolute Gasteiger partial charge is 0.251 e. The van der Waals surface area contributed by atoms with Gasteiger partial charge in [0, 0.05) is 24.3 Å². The molecule has 0 bridgehead atoms. The van der Waals surface area contributed by atoms with E-state index < -0.39 is 0 Å². The van der Waals surface area contributed by atoms with Crippen LogP contribution in [0.2, 0.25) is 0 Å². The Balaban J connectivity index is 2.09. The molecule has 0 aliphatic heterocycles. The van der Waals surface area contributed by atoms with Crippen molar-refractivity contribution in [2.75, 3.05) is 27.9 Å². The number of rotatable bonds is 9. The van der Waals surface area contributed by atoms with Crippen LogP contribution in [0.3, 0.4) is 0 Å². The second-order valence-electron chi connectivity index (χ2n) is 5.82. The molecule has 1 atom stereocenters. The Morgan fingerprint density at radius 2 is 1.69 bits per heavy atom. The summed E-state index contributed by atoms with van der Waals surface area (Å²) >= 11 is 0. The van der Waals surface area contributed by atoms with Crippen molar-refractivity contribution in [2.24, 2.45) is 0 Å². The van der Waals surface area contributed by atoms with E-state index >= 15 is 0 Å². The molecule has 2 aromatic rings. The normalized spacial score (nSPS) is 11.5. The number of benzene rings is 2. The van der Waals surface area contributed by atoms with E-state index in [4.69, 9.17) is 18.9 Å². The van der Waals surface area contributed by atoms with Crippen molar-refractivity contribution in [1.82, 2.24) is 5.32 Å². The van der Waals surface area contributed by atoms with Crippen molar-refractivity contribution >= 4 is 5.91 Å². The minimum absolute atomic E-state index is 0.0754. The third kappa shape index (κ3) is 5.39. The van der Waals surface area contributed by atoms with Gasteiger partial charge in [-0.25, -0.2) is 0 Å². The SMILES string of the molecule is COC[C@H](C)NC(=O)c1ccc(OC)c(COc2ccc(OC)cc2)c1. The minimum atomic E-state index is -0.164. The van der Waals surface area contributed by atoms with Crippen molar-refractivity contribution in [3.05, 3.63) is 53.6 Å². The molecule has 140 valence electrons. The molecule has 6 heteroatoms. The maximum atomic E-state index is 12.4. The number of amides is 1. The van der Waals surface area contributed by atoms with E-state index in [0.717, 1.165) is 11.3 Å². The van der Waals surface area contributed by atoms with Crippen LogP contribution in [0.25, 0.3) is 0 Å². The van der Waals surface area contributed by atoms with Gasteiger partial charge in [-0.2, -0.15) is 0 Å². The number of nitrogens with one attached hydrogen (secondary N) is 1. The molecule has 0 heterocycles. The molecule has 0 spiro atoms. The molecule has 2 aromatic carbocycles. The highest BCUT2D eigenvalue weighted by Crippen LogP contribution is 2.23. The van der Waals surface area contributed by atoms with Gasteiger partial charge in [-0.3, -0.25) is 4.79 Å². The van der Waals surface area contributed by atoms with Crippen LogP contribution >= 0.6 is 0 Å². The molecular weight excluding hydrogens is 334 g/mol. The highest BCUT2D eigenvalue weighted by atomic mass is 16.5. The van der Waals surface area contributed by atoms with E-state index in [2.05, 4.69) is 5.32 Å². The third-order valence-electron chi connectivity index (χ3n) is 3.79. The number of methoxy groups -OCH3 is 3. The summed E-state index contributed by atoms with van der Waals surface area (Å²) in [6.45, 7) is 2.62. The van der Waals surface area contributed by atoms with Crippen LogP contribution in [0.5, 0.6) is 17.2 Å². The second kappa shape index (κ2) is 9.68. The topological polar surface area (TPSA) is 66.0 Å². The highest BCUT2D eigenvalue weighted by Gasteiger charge is 2.13. The summed E-state index contributed by atoms with van der Waals surface area (Å²) in [5.74, 6) is 1.97. The quantitative estimate of drug-likeness (QED) is 0.745. The lowest BCUT2D eigenvalue weighted by Crippen LogP contribution is -2.35. The second-order valence-corrected chi connectivity index (χ2v) is 5.82. The molecule has 0 radical (unpaired) electrons. The van der Waals surface area contributed by atoms with Gasteiger partial charge in [0.25, 0.3) is 5.91 Å². The number of hydrogen-bond acceptors (Lipinski definition) is 5. The molecule has 0 aliphatic rings. The fourth-order valence-corrected chi connectivity index (χ4v) is 2.46. The zero-order valence-electron chi connectivity index (χ0n) is 15.6.